The largest absolute Gasteiger partial charge is 0.496 e. The number of halogens is 5. The van der Waals surface area contributed by atoms with Crippen molar-refractivity contribution in [3.8, 4) is 17.1 Å². The van der Waals surface area contributed by atoms with Crippen LogP contribution < -0.4 is 10.1 Å². The smallest absolute Gasteiger partial charge is 0.417 e. The Kier molecular flexibility index (Phi) is 6.79. The molecule has 0 aliphatic heterocycles. The number of methoxy groups -OCH3 is 1. The lowest BCUT2D eigenvalue weighted by Crippen LogP contribution is -2.15. The third-order valence-corrected chi connectivity index (χ3v) is 5.18. The highest BCUT2D eigenvalue weighted by atomic mass is 35.5. The van der Waals surface area contributed by atoms with Crippen molar-refractivity contribution in [2.75, 3.05) is 18.2 Å². The van der Waals surface area contributed by atoms with Gasteiger partial charge in [-0.1, -0.05) is 35.0 Å². The molecular formula is C18H13Cl2F3N4O2S. The summed E-state index contributed by atoms with van der Waals surface area (Å²) in [6.07, 6.45) is -4.62. The number of carbonyl (C=O) groups excluding carboxylic acids is 1. The second-order valence-electron chi connectivity index (χ2n) is 5.84. The van der Waals surface area contributed by atoms with E-state index in [0.29, 0.717) is 22.2 Å². The molecule has 30 heavy (non-hydrogen) atoms. The van der Waals surface area contributed by atoms with Crippen LogP contribution in [0, 0.1) is 0 Å². The molecule has 0 spiro atoms. The molecule has 0 radical (unpaired) electrons. The Morgan fingerprint density at radius 1 is 1.23 bits per heavy atom. The fourth-order valence-corrected chi connectivity index (χ4v) is 3.44. The van der Waals surface area contributed by atoms with E-state index in [2.05, 4.69) is 20.5 Å². The van der Waals surface area contributed by atoms with Crippen LogP contribution in [0.15, 0.2) is 41.6 Å². The number of nitrogens with zero attached hydrogens (tertiary/aromatic N) is 2. The van der Waals surface area contributed by atoms with E-state index in [9.17, 15) is 18.0 Å². The van der Waals surface area contributed by atoms with E-state index in [1.165, 1.54) is 13.2 Å². The second-order valence-corrected chi connectivity index (χ2v) is 7.63. The van der Waals surface area contributed by atoms with E-state index in [1.807, 2.05) is 0 Å². The quantitative estimate of drug-likeness (QED) is 0.456. The Morgan fingerprint density at radius 3 is 2.70 bits per heavy atom. The number of benzene rings is 2. The summed E-state index contributed by atoms with van der Waals surface area (Å²) >= 11 is 12.6. The number of aromatic nitrogens is 3. The molecule has 1 aromatic heterocycles. The molecule has 3 aromatic rings. The van der Waals surface area contributed by atoms with Crippen LogP contribution in [0.5, 0.6) is 5.75 Å². The number of aromatic amines is 1. The number of alkyl halides is 3. The van der Waals surface area contributed by atoms with Gasteiger partial charge in [-0.3, -0.25) is 9.89 Å². The number of carbonyl (C=O) groups is 1. The predicted molar refractivity (Wildman–Crippen MR) is 109 cm³/mol. The zero-order valence-corrected chi connectivity index (χ0v) is 17.5. The Balaban J connectivity index is 1.65. The molecule has 0 unspecified atom stereocenters. The Labute approximate surface area is 183 Å². The van der Waals surface area contributed by atoms with Gasteiger partial charge in [0.1, 0.15) is 5.75 Å². The SMILES string of the molecule is COc1ccc(Cl)cc1-c1nc(SCC(=O)Nc2ccc(Cl)c(C(F)(F)F)c2)n[nH]1. The number of anilines is 1. The lowest BCUT2D eigenvalue weighted by Gasteiger charge is -2.11. The van der Waals surface area contributed by atoms with Crippen molar-refractivity contribution >= 4 is 46.6 Å². The summed E-state index contributed by atoms with van der Waals surface area (Å²) < 4.78 is 44.0. The summed E-state index contributed by atoms with van der Waals surface area (Å²) in [6, 6.07) is 8.15. The fourth-order valence-electron chi connectivity index (χ4n) is 2.44. The van der Waals surface area contributed by atoms with Crippen molar-refractivity contribution in [2.24, 2.45) is 0 Å². The van der Waals surface area contributed by atoms with Crippen LogP contribution in [0.2, 0.25) is 10.0 Å². The number of nitrogens with one attached hydrogen (secondary N) is 2. The van der Waals surface area contributed by atoms with E-state index < -0.39 is 22.7 Å². The van der Waals surface area contributed by atoms with Gasteiger partial charge in [0.05, 0.1) is 29.0 Å². The molecule has 0 fully saturated rings. The molecule has 0 atom stereocenters. The number of H-pyrrole nitrogens is 1. The van der Waals surface area contributed by atoms with Crippen molar-refractivity contribution in [3.63, 3.8) is 0 Å². The molecule has 3 rings (SSSR count). The first-order valence-corrected chi connectivity index (χ1v) is 9.97. The molecule has 1 heterocycles. The predicted octanol–water partition coefficient (Wildman–Crippen LogP) is 5.54. The standard InChI is InChI=1S/C18H13Cl2F3N4O2S/c1-29-14-5-2-9(19)6-11(14)16-25-17(27-26-16)30-8-15(28)24-10-3-4-13(20)12(7-10)18(21,22)23/h2-7H,8H2,1H3,(H,24,28)(H,25,26,27). The maximum Gasteiger partial charge on any atom is 0.417 e. The summed E-state index contributed by atoms with van der Waals surface area (Å²) in [5.74, 6) is 0.286. The van der Waals surface area contributed by atoms with Gasteiger partial charge in [0, 0.05) is 10.7 Å². The highest BCUT2D eigenvalue weighted by Crippen LogP contribution is 2.36. The molecule has 0 aliphatic rings. The summed E-state index contributed by atoms with van der Waals surface area (Å²) in [5, 5.41) is 9.46. The van der Waals surface area contributed by atoms with Crippen LogP contribution >= 0.6 is 35.0 Å². The van der Waals surface area contributed by atoms with E-state index in [1.54, 1.807) is 18.2 Å². The maximum absolute atomic E-state index is 12.9. The number of hydrogen-bond donors (Lipinski definition) is 2. The average Bonchev–Trinajstić information content (AvgIpc) is 3.16. The molecule has 2 aromatic carbocycles. The zero-order valence-electron chi connectivity index (χ0n) is 15.2. The molecule has 0 saturated carbocycles. The number of ether oxygens (including phenoxy) is 1. The van der Waals surface area contributed by atoms with Crippen molar-refractivity contribution in [2.45, 2.75) is 11.3 Å². The maximum atomic E-state index is 12.9. The van der Waals surface area contributed by atoms with Gasteiger partial charge in [-0.15, -0.1) is 5.10 Å². The van der Waals surface area contributed by atoms with Gasteiger partial charge >= 0.3 is 6.18 Å². The van der Waals surface area contributed by atoms with E-state index in [-0.39, 0.29) is 16.6 Å². The van der Waals surface area contributed by atoms with Crippen LogP contribution in [0.4, 0.5) is 18.9 Å². The molecule has 2 N–H and O–H groups in total. The summed E-state index contributed by atoms with van der Waals surface area (Å²) in [4.78, 5) is 16.4. The molecular weight excluding hydrogens is 464 g/mol. The summed E-state index contributed by atoms with van der Waals surface area (Å²) in [6.45, 7) is 0. The van der Waals surface area contributed by atoms with Gasteiger partial charge in [-0.2, -0.15) is 13.2 Å². The Bertz CT molecular complexity index is 1080. The highest BCUT2D eigenvalue weighted by molar-refractivity contribution is 7.99. The number of hydrogen-bond acceptors (Lipinski definition) is 5. The molecule has 0 aliphatic carbocycles. The number of thioether (sulfide) groups is 1. The minimum absolute atomic E-state index is 0.0170. The minimum atomic E-state index is -4.62. The molecule has 158 valence electrons. The second kappa shape index (κ2) is 9.15. The molecule has 0 bridgehead atoms. The summed E-state index contributed by atoms with van der Waals surface area (Å²) in [5.41, 5.74) is -0.449. The van der Waals surface area contributed by atoms with Crippen LogP contribution in [-0.4, -0.2) is 34.0 Å². The van der Waals surface area contributed by atoms with Gasteiger partial charge in [-0.05, 0) is 36.4 Å². The van der Waals surface area contributed by atoms with Gasteiger partial charge in [0.15, 0.2) is 5.82 Å². The van der Waals surface area contributed by atoms with Crippen LogP contribution in [0.3, 0.4) is 0 Å². The van der Waals surface area contributed by atoms with Crippen molar-refractivity contribution in [1.29, 1.82) is 0 Å². The minimum Gasteiger partial charge on any atom is -0.496 e. The number of amides is 1. The van der Waals surface area contributed by atoms with Crippen LogP contribution in [-0.2, 0) is 11.0 Å². The average molecular weight is 477 g/mol. The lowest BCUT2D eigenvalue weighted by atomic mass is 10.2. The Hall–Kier alpha value is -2.43. The highest BCUT2D eigenvalue weighted by Gasteiger charge is 2.33. The third-order valence-electron chi connectivity index (χ3n) is 3.77. The van der Waals surface area contributed by atoms with E-state index in [0.717, 1.165) is 23.9 Å². The first kappa shape index (κ1) is 22.3. The zero-order chi connectivity index (χ0) is 21.9. The van der Waals surface area contributed by atoms with E-state index >= 15 is 0 Å². The lowest BCUT2D eigenvalue weighted by molar-refractivity contribution is -0.137. The van der Waals surface area contributed by atoms with Crippen molar-refractivity contribution in [1.82, 2.24) is 15.2 Å². The molecule has 6 nitrogen and oxygen atoms in total. The van der Waals surface area contributed by atoms with E-state index in [4.69, 9.17) is 27.9 Å². The Morgan fingerprint density at radius 2 is 2.00 bits per heavy atom. The van der Waals surface area contributed by atoms with Crippen molar-refractivity contribution in [3.05, 3.63) is 52.0 Å². The number of rotatable bonds is 6. The van der Waals surface area contributed by atoms with Crippen LogP contribution in [0.25, 0.3) is 11.4 Å². The van der Waals surface area contributed by atoms with Crippen molar-refractivity contribution < 1.29 is 22.7 Å². The van der Waals surface area contributed by atoms with Gasteiger partial charge in [0.2, 0.25) is 11.1 Å². The molecule has 12 heteroatoms. The molecule has 1 amide bonds. The van der Waals surface area contributed by atoms with Gasteiger partial charge < -0.3 is 10.1 Å². The fraction of sp³-hybridized carbons (Fsp3) is 0.167. The molecule has 0 saturated heterocycles. The first-order valence-electron chi connectivity index (χ1n) is 8.23. The van der Waals surface area contributed by atoms with Crippen LogP contribution in [0.1, 0.15) is 5.56 Å². The third kappa shape index (κ3) is 5.38. The van der Waals surface area contributed by atoms with Gasteiger partial charge in [-0.25, -0.2) is 4.98 Å². The van der Waals surface area contributed by atoms with Gasteiger partial charge in [0.25, 0.3) is 0 Å². The first-order chi connectivity index (χ1) is 14.2. The normalized spacial score (nSPS) is 11.4. The summed E-state index contributed by atoms with van der Waals surface area (Å²) in [7, 11) is 1.50. The monoisotopic (exact) mass is 476 g/mol. The topological polar surface area (TPSA) is 79.9 Å².